The van der Waals surface area contributed by atoms with Crippen molar-refractivity contribution in [1.29, 1.82) is 0 Å². The van der Waals surface area contributed by atoms with Gasteiger partial charge in [0.15, 0.2) is 34.7 Å². The van der Waals surface area contributed by atoms with Crippen LogP contribution < -0.4 is 54.0 Å². The molecule has 8 rings (SSSR count). The van der Waals surface area contributed by atoms with Crippen LogP contribution in [0.15, 0.2) is 60.9 Å². The van der Waals surface area contributed by atoms with Crippen LogP contribution in [0.4, 0.5) is 0 Å². The summed E-state index contributed by atoms with van der Waals surface area (Å²) < 4.78 is 0. The number of aromatic amines is 2. The first kappa shape index (κ1) is 101. The minimum atomic E-state index is -1.52. The first-order valence-electron chi connectivity index (χ1n) is 43.6. The average Bonchev–Trinajstić information content (AvgIpc) is 1.71. The Labute approximate surface area is 733 Å². The lowest BCUT2D eigenvalue weighted by Crippen LogP contribution is -2.55. The third-order valence-electron chi connectivity index (χ3n) is 23.4. The van der Waals surface area contributed by atoms with Gasteiger partial charge in [-0.1, -0.05) is 49.2 Å². The molecule has 125 heavy (non-hydrogen) atoms. The van der Waals surface area contributed by atoms with Crippen molar-refractivity contribution < 1.29 is 96.5 Å². The van der Waals surface area contributed by atoms with E-state index in [1.807, 2.05) is 98.9 Å². The van der Waals surface area contributed by atoms with E-state index in [1.165, 1.54) is 16.7 Å². The first-order valence-corrected chi connectivity index (χ1v) is 44.2. The van der Waals surface area contributed by atoms with E-state index in [1.54, 1.807) is 0 Å². The first-order chi connectivity index (χ1) is 59.7. The molecule has 686 valence electrons. The number of nitrogens with zero attached hydrogens (tertiary/aromatic N) is 4. The van der Waals surface area contributed by atoms with Crippen molar-refractivity contribution in [3.05, 3.63) is 72.1 Å². The van der Waals surface area contributed by atoms with Crippen molar-refractivity contribution in [1.82, 2.24) is 72.1 Å². The fourth-order valence-electron chi connectivity index (χ4n) is 16.3. The molecule has 4 saturated heterocycles. The van der Waals surface area contributed by atoms with E-state index in [4.69, 9.17) is 11.5 Å². The zero-order chi connectivity index (χ0) is 91.4. The molecule has 0 radical (unpaired) electrons. The number of amides is 12. The monoisotopic (exact) mass is 1760 g/mol. The molecule has 2 aromatic heterocycles. The van der Waals surface area contributed by atoms with Gasteiger partial charge in [0.05, 0.1) is 37.0 Å². The summed E-state index contributed by atoms with van der Waals surface area (Å²) in [5.74, 6) is -14.7. The number of Topliss-reactive ketones (excluding diaryl/α,β-unsaturated/α-hetero) is 6. The van der Waals surface area contributed by atoms with Gasteiger partial charge in [-0.25, -0.2) is 0 Å². The highest BCUT2D eigenvalue weighted by atomic mass is 32.1. The van der Waals surface area contributed by atoms with Gasteiger partial charge in [-0.3, -0.25) is 86.3 Å². The second-order valence-corrected chi connectivity index (χ2v) is 34.1. The number of ketones is 6. The highest BCUT2D eigenvalue weighted by Gasteiger charge is 2.42. The molecule has 0 saturated carbocycles. The van der Waals surface area contributed by atoms with E-state index < -0.39 is 180 Å². The quantitative estimate of drug-likeness (QED) is 0.0326. The average molecular weight is 1760 g/mol. The maximum atomic E-state index is 14.1. The second kappa shape index (κ2) is 51.7. The van der Waals surface area contributed by atoms with Crippen LogP contribution in [0.5, 0.6) is 0 Å². The van der Waals surface area contributed by atoms with Gasteiger partial charge in [0, 0.05) is 141 Å². The van der Waals surface area contributed by atoms with Gasteiger partial charge < -0.3 is 93.8 Å². The van der Waals surface area contributed by atoms with E-state index in [2.05, 4.69) is 65.1 Å². The maximum Gasteiger partial charge on any atom is 0.246 e. The van der Waals surface area contributed by atoms with E-state index in [0.717, 1.165) is 58.9 Å². The van der Waals surface area contributed by atoms with Gasteiger partial charge in [0.1, 0.15) is 37.4 Å². The molecule has 0 bridgehead atoms. The molecule has 12 amide bonds. The third-order valence-corrected chi connectivity index (χ3v) is 23.7. The van der Waals surface area contributed by atoms with Crippen LogP contribution in [0.1, 0.15) is 185 Å². The number of thiol groups is 1. The third kappa shape index (κ3) is 32.7. The summed E-state index contributed by atoms with van der Waals surface area (Å²) in [5.41, 5.74) is 14.5. The highest BCUT2D eigenvalue weighted by Crippen LogP contribution is 2.29. The lowest BCUT2D eigenvalue weighted by molar-refractivity contribution is -0.143. The Morgan fingerprint density at radius 3 is 1.25 bits per heavy atom. The van der Waals surface area contributed by atoms with Crippen LogP contribution in [0.3, 0.4) is 0 Å². The highest BCUT2D eigenvalue weighted by molar-refractivity contribution is 7.80. The molecule has 2 aromatic carbocycles. The largest absolute Gasteiger partial charge is 0.389 e. The molecular formula is C88H128N16O20S. The van der Waals surface area contributed by atoms with Gasteiger partial charge in [-0.05, 0) is 174 Å². The topological polar surface area (TPSA) is 541 Å². The minimum Gasteiger partial charge on any atom is -0.389 e. The number of carbonyl (C=O) groups is 18. The zero-order valence-electron chi connectivity index (χ0n) is 72.5. The lowest BCUT2D eigenvalue weighted by atomic mass is 9.89. The number of carbonyl (C=O) groups excluding carboxylic acids is 18. The van der Waals surface area contributed by atoms with Crippen molar-refractivity contribution in [2.45, 2.75) is 235 Å². The number of aliphatic hydroxyl groups excluding tert-OH is 2. The number of nitrogens with two attached hydrogens (primary N) is 2. The Balaban J connectivity index is 0.000000343. The van der Waals surface area contributed by atoms with Crippen LogP contribution >= 0.6 is 12.6 Å². The Kier molecular flexibility index (Phi) is 42.0. The molecule has 36 nitrogen and oxygen atoms in total. The number of aliphatic hydroxyl groups is 2. The fraction of sp³-hybridized carbons (Fsp3) is 0.614. The molecule has 0 spiro atoms. The summed E-state index contributed by atoms with van der Waals surface area (Å²) in [7, 11) is 7.74. The number of likely N-dealkylation sites (tertiary alicyclic amines) is 2. The molecule has 0 unspecified atom stereocenters. The molecule has 6 heterocycles. The number of hydrogen-bond donors (Lipinski definition) is 15. The van der Waals surface area contributed by atoms with Crippen LogP contribution in [0, 0.1) is 23.7 Å². The van der Waals surface area contributed by atoms with Crippen LogP contribution in [0.2, 0.25) is 0 Å². The van der Waals surface area contributed by atoms with Gasteiger partial charge in [0.2, 0.25) is 70.9 Å². The summed E-state index contributed by atoms with van der Waals surface area (Å²) in [6.45, 7) is 1.93. The summed E-state index contributed by atoms with van der Waals surface area (Å²) >= 11 is 4.25. The van der Waals surface area contributed by atoms with Gasteiger partial charge in [-0.15, -0.1) is 0 Å². The van der Waals surface area contributed by atoms with Gasteiger partial charge in [0.25, 0.3) is 0 Å². The van der Waals surface area contributed by atoms with Crippen LogP contribution in [0.25, 0.3) is 21.8 Å². The number of benzene rings is 2. The number of fused-ring (bicyclic) bond motifs is 2. The summed E-state index contributed by atoms with van der Waals surface area (Å²) in [4.78, 5) is 254. The number of aromatic nitrogens is 2. The maximum absolute atomic E-state index is 14.1. The molecule has 4 aliphatic rings. The Morgan fingerprint density at radius 1 is 0.448 bits per heavy atom. The summed E-state index contributed by atoms with van der Waals surface area (Å²) in [6, 6.07) is 6.14. The standard InChI is InChI=1S/C44H64N8O10S.C44H64N8O10/c1-51(2)18-8-6-13-33-38(56)22-28(20-29-24-47-32-12-4-3-11-31(29)32)42(60)46-17-7-5-10-27(21-30(54)25-53)43(61)50-34(44(62)52-19-9-14-36(52)41(45)59)23-40(58)49-35(26-63)37(55)15-16-39(57)48-33;1-27-37(55)16-17-39(57)49-34(14-7-9-19-51(2)3)38(56)23-29(21-30-25-47-33-13-5-4-12-32(30)33)42(60)46-18-8-6-11-28(22-31(54)26-53)43(61)50-35(24-40(58)48-27)44(62)52-20-10-15-36(52)41(45)59/h3-4,11-12,24,27-28,33-36,47,53,63H,5-10,13-23,25-26H2,1-2H3,(H2,45,59)(H,46,60)(H,48,57)(H,49,58)(H,50,61);4-5,12-13,25,27-29,34-36,47,53H,6-11,14-24,26H2,1-3H3,(H2,45,59)(H,46,60)(H,48,58)(H,49,57)(H,50,61)/t27-,28-,33+,34+,35+,36+;27-,28+,29+,34-,35-,36-/m10/s1. The number of H-pyrrole nitrogens is 2. The van der Waals surface area contributed by atoms with E-state index in [9.17, 15) is 96.5 Å². The molecule has 0 aliphatic carbocycles. The number of unbranched alkanes of at least 4 members (excludes halogenated alkanes) is 2. The van der Waals surface area contributed by atoms with Crippen molar-refractivity contribution in [2.24, 2.45) is 35.1 Å². The molecule has 4 fully saturated rings. The molecule has 4 aromatic rings. The number of para-hydroxylation sites is 2. The Hall–Kier alpha value is -10.6. The predicted octanol–water partition coefficient (Wildman–Crippen LogP) is 1.06. The number of primary amides is 2. The summed E-state index contributed by atoms with van der Waals surface area (Å²) in [6.07, 6.45) is 6.99. The normalized spacial score (nSPS) is 24.5. The van der Waals surface area contributed by atoms with Crippen LogP contribution in [-0.4, -0.2) is 280 Å². The molecular weight excluding hydrogens is 1630 g/mol. The number of rotatable bonds is 25. The van der Waals surface area contributed by atoms with Gasteiger partial charge >= 0.3 is 0 Å². The van der Waals surface area contributed by atoms with Crippen molar-refractivity contribution in [3.63, 3.8) is 0 Å². The molecule has 12 atom stereocenters. The molecule has 37 heteroatoms. The number of nitrogens with one attached hydrogen (secondary N) is 10. The van der Waals surface area contributed by atoms with Crippen molar-refractivity contribution in [2.75, 3.05) is 86.4 Å². The van der Waals surface area contributed by atoms with Crippen molar-refractivity contribution >= 4 is 140 Å². The SMILES string of the molecule is CN(C)CCCC[C@@H]1NC(=O)CCC(=O)[C@H](CS)NC(=O)C[C@@H](C(=O)N2CCC[C@H]2C(N)=O)NC(=O)[C@@H](CC(=O)CO)CCCCNC(=O)[C@H](Cc2c[nH]c3ccccc23)CC1=O.C[C@@H]1NC(=O)C[C@@H](C(=O)N2CCC[C@H]2C(N)=O)NC(=O)[C@@H](CC(=O)CO)CCCCNC(=O)[C@H](Cc2c[nH]c3ccccc23)CC(=O)[C@H](CCCCN(C)C)NC(=O)CCC1=O. The fourth-order valence-corrected chi connectivity index (χ4v) is 16.6. The molecule has 4 aliphatic heterocycles. The van der Waals surface area contributed by atoms with E-state index in [-0.39, 0.29) is 139 Å². The van der Waals surface area contributed by atoms with E-state index in [0.29, 0.717) is 70.6 Å². The summed E-state index contributed by atoms with van der Waals surface area (Å²) in [5, 5.41) is 42.7. The predicted molar refractivity (Wildman–Crippen MR) is 466 cm³/mol. The Bertz CT molecular complexity index is 4430. The number of hydrogen-bond acceptors (Lipinski definition) is 23. The molecule has 16 N–H and O–H groups in total. The smallest absolute Gasteiger partial charge is 0.246 e. The van der Waals surface area contributed by atoms with Gasteiger partial charge in [-0.2, -0.15) is 12.6 Å². The van der Waals surface area contributed by atoms with Crippen LogP contribution in [-0.2, 0) is 99.1 Å². The zero-order valence-corrected chi connectivity index (χ0v) is 73.4. The van der Waals surface area contributed by atoms with Crippen molar-refractivity contribution in [3.8, 4) is 0 Å². The van der Waals surface area contributed by atoms with E-state index >= 15 is 0 Å². The second-order valence-electron chi connectivity index (χ2n) is 33.7. The lowest BCUT2D eigenvalue weighted by Gasteiger charge is -2.29. The minimum absolute atomic E-state index is 0.108. The Morgan fingerprint density at radius 2 is 0.848 bits per heavy atom.